The highest BCUT2D eigenvalue weighted by molar-refractivity contribution is 6.33. The van der Waals surface area contributed by atoms with E-state index in [2.05, 4.69) is 42.2 Å². The zero-order valence-electron chi connectivity index (χ0n) is 37.1. The van der Waals surface area contributed by atoms with E-state index in [0.29, 0.717) is 41.7 Å². The fraction of sp³-hybridized carbons (Fsp3) is 0.478. The predicted octanol–water partition coefficient (Wildman–Crippen LogP) is 4.21. The van der Waals surface area contributed by atoms with E-state index in [1.807, 2.05) is 13.0 Å². The predicted molar refractivity (Wildman–Crippen MR) is 243 cm³/mol. The number of imide groups is 2. The van der Waals surface area contributed by atoms with Crippen LogP contribution in [0.1, 0.15) is 91.6 Å². The molecule has 2 aromatic heterocycles. The number of amides is 5. The number of nitrogens with zero attached hydrogens (tertiary/aromatic N) is 7. The highest BCUT2D eigenvalue weighted by Crippen LogP contribution is 2.38. The SMILES string of the molecule is Cc1c(N2CCN(C3CC(OC4CCN(c5ncc(Cl)c(Nc6ccc7c(cc(OCC(N)=O)c(=O)n7C(C)C)c6F)n5)CC4)C3)C[C@H]2C)ccc2c1C(=O)N(C1CCC(=O)NC1=O)C2=O. The first-order chi connectivity index (χ1) is 31.6. The highest BCUT2D eigenvalue weighted by atomic mass is 35.5. The monoisotopic (exact) mass is 926 g/mol. The molecule has 0 bridgehead atoms. The van der Waals surface area contributed by atoms with E-state index >= 15 is 4.39 Å². The van der Waals surface area contributed by atoms with E-state index in [1.54, 1.807) is 26.0 Å². The smallest absolute Gasteiger partial charge is 0.293 e. The number of fused-ring (bicyclic) bond motifs is 2. The van der Waals surface area contributed by atoms with Crippen LogP contribution in [0.5, 0.6) is 5.75 Å². The first kappa shape index (κ1) is 45.0. The van der Waals surface area contributed by atoms with Crippen LogP contribution in [0.3, 0.4) is 0 Å². The number of pyridine rings is 1. The van der Waals surface area contributed by atoms with Gasteiger partial charge in [-0.25, -0.2) is 9.37 Å². The molecule has 9 rings (SSSR count). The summed E-state index contributed by atoms with van der Waals surface area (Å²) in [5, 5.41) is 5.55. The maximum atomic E-state index is 16.2. The van der Waals surface area contributed by atoms with E-state index < -0.39 is 53.6 Å². The molecule has 3 saturated heterocycles. The number of anilines is 4. The molecule has 4 N–H and O–H groups in total. The van der Waals surface area contributed by atoms with Crippen molar-refractivity contribution in [3.8, 4) is 5.75 Å². The second-order valence-electron chi connectivity index (χ2n) is 18.1. The number of nitrogens with one attached hydrogen (secondary N) is 2. The van der Waals surface area contributed by atoms with Crippen molar-refractivity contribution in [3.63, 3.8) is 0 Å². The first-order valence-electron chi connectivity index (χ1n) is 22.4. The Morgan fingerprint density at radius 2 is 1.77 bits per heavy atom. The first-order valence-corrected chi connectivity index (χ1v) is 22.8. The number of benzene rings is 2. The quantitative estimate of drug-likeness (QED) is 0.170. The Morgan fingerprint density at radius 3 is 2.47 bits per heavy atom. The van der Waals surface area contributed by atoms with E-state index in [-0.39, 0.29) is 70.4 Å². The molecule has 20 heteroatoms. The Balaban J connectivity index is 0.772. The zero-order chi connectivity index (χ0) is 46.7. The van der Waals surface area contributed by atoms with Gasteiger partial charge in [0.05, 0.1) is 40.7 Å². The average Bonchev–Trinajstić information content (AvgIpc) is 3.52. The van der Waals surface area contributed by atoms with E-state index in [0.717, 1.165) is 55.9 Å². The van der Waals surface area contributed by atoms with Crippen LogP contribution in [0.4, 0.5) is 27.5 Å². The van der Waals surface area contributed by atoms with E-state index in [9.17, 15) is 28.8 Å². The van der Waals surface area contributed by atoms with Gasteiger partial charge in [0.1, 0.15) is 11.1 Å². The number of piperidine rings is 2. The Hall–Kier alpha value is -6.18. The molecule has 1 saturated carbocycles. The van der Waals surface area contributed by atoms with Crippen LogP contribution >= 0.6 is 11.6 Å². The molecule has 5 amide bonds. The molecule has 6 heterocycles. The molecule has 1 aliphatic carbocycles. The van der Waals surface area contributed by atoms with Crippen LogP contribution < -0.4 is 36.5 Å². The van der Waals surface area contributed by atoms with Crippen molar-refractivity contribution in [1.82, 2.24) is 29.7 Å². The molecule has 2 aromatic carbocycles. The van der Waals surface area contributed by atoms with Crippen molar-refractivity contribution >= 4 is 75.2 Å². The minimum Gasteiger partial charge on any atom is -0.478 e. The number of piperazine rings is 1. The summed E-state index contributed by atoms with van der Waals surface area (Å²) in [7, 11) is 0. The van der Waals surface area contributed by atoms with Gasteiger partial charge in [0.15, 0.2) is 24.0 Å². The van der Waals surface area contributed by atoms with Crippen molar-refractivity contribution in [2.24, 2.45) is 5.73 Å². The summed E-state index contributed by atoms with van der Waals surface area (Å²) >= 11 is 6.52. The molecule has 1 unspecified atom stereocenters. The molecule has 66 heavy (non-hydrogen) atoms. The topological polar surface area (TPSA) is 215 Å². The van der Waals surface area contributed by atoms with Crippen LogP contribution in [-0.2, 0) is 19.1 Å². The largest absolute Gasteiger partial charge is 0.478 e. The Bertz CT molecular complexity index is 2720. The van der Waals surface area contributed by atoms with Crippen LogP contribution in [0.15, 0.2) is 41.3 Å². The van der Waals surface area contributed by atoms with Gasteiger partial charge in [-0.05, 0) is 95.7 Å². The summed E-state index contributed by atoms with van der Waals surface area (Å²) in [6.45, 7) is 10.8. The van der Waals surface area contributed by atoms with Gasteiger partial charge in [-0.15, -0.1) is 0 Å². The number of nitrogens with two attached hydrogens (primary N) is 1. The average molecular weight is 927 g/mol. The molecule has 18 nitrogen and oxygen atoms in total. The van der Waals surface area contributed by atoms with Crippen LogP contribution in [-0.4, -0.2) is 124 Å². The summed E-state index contributed by atoms with van der Waals surface area (Å²) in [5.74, 6) is -3.01. The zero-order valence-corrected chi connectivity index (χ0v) is 37.9. The molecule has 4 aliphatic heterocycles. The fourth-order valence-corrected chi connectivity index (χ4v) is 10.2. The third-order valence-corrected chi connectivity index (χ3v) is 13.8. The third kappa shape index (κ3) is 8.32. The summed E-state index contributed by atoms with van der Waals surface area (Å²) in [6, 6.07) is 7.20. The maximum Gasteiger partial charge on any atom is 0.293 e. The normalized spacial score (nSPS) is 22.8. The lowest BCUT2D eigenvalue weighted by Gasteiger charge is -2.50. The summed E-state index contributed by atoms with van der Waals surface area (Å²) < 4.78 is 29.5. The minimum absolute atomic E-state index is 0.0679. The van der Waals surface area contributed by atoms with Gasteiger partial charge in [-0.3, -0.25) is 43.9 Å². The molecule has 2 atom stereocenters. The van der Waals surface area contributed by atoms with Crippen molar-refractivity contribution < 1.29 is 37.8 Å². The number of primary amides is 1. The Morgan fingerprint density at radius 1 is 1.02 bits per heavy atom. The summed E-state index contributed by atoms with van der Waals surface area (Å²) in [6.07, 6.45) is 5.35. The molecular weight excluding hydrogens is 875 g/mol. The van der Waals surface area contributed by atoms with Crippen molar-refractivity contribution in [3.05, 3.63) is 74.4 Å². The molecule has 4 fully saturated rings. The van der Waals surface area contributed by atoms with Crippen molar-refractivity contribution in [2.45, 2.75) is 103 Å². The van der Waals surface area contributed by atoms with Crippen LogP contribution in [0, 0.1) is 12.7 Å². The standard InChI is InChI=1S/C46H52ClFN10O8/c1-23(2)57-34-8-6-32(40(48)30(34)19-36(44(57)63)65-22-37(49)59)51-41-31(47)20-50-46(53-41)54-13-11-27(12-14-54)66-28-17-26(18-28)55-15-16-56(24(3)21-55)33-7-5-29-39(25(33)4)45(64)58(43(29)62)35-9-10-38(60)52-42(35)61/h5-8,19-20,23-24,26-28,35H,9-18,21-22H2,1-4H3,(H2,49,59)(H,50,51,53)(H,52,60,61)/t24-,26?,28?,35?/m1/s1. The third-order valence-electron chi connectivity index (χ3n) is 13.5. The molecule has 4 aromatic rings. The van der Waals surface area contributed by atoms with Gasteiger partial charge < -0.3 is 34.9 Å². The van der Waals surface area contributed by atoms with Crippen LogP contribution in [0.2, 0.25) is 5.02 Å². The molecule has 5 aliphatic rings. The highest BCUT2D eigenvalue weighted by Gasteiger charge is 2.46. The molecule has 348 valence electrons. The number of hydrogen-bond acceptors (Lipinski definition) is 14. The van der Waals surface area contributed by atoms with Crippen molar-refractivity contribution in [2.75, 3.05) is 54.4 Å². The minimum atomic E-state index is -1.01. The fourth-order valence-electron chi connectivity index (χ4n) is 10.0. The van der Waals surface area contributed by atoms with Gasteiger partial charge in [0, 0.05) is 68.3 Å². The number of hydrogen-bond donors (Lipinski definition) is 3. The van der Waals surface area contributed by atoms with Gasteiger partial charge in [0.2, 0.25) is 17.8 Å². The lowest BCUT2D eigenvalue weighted by Crippen LogP contribution is -2.59. The molecular formula is C46H52ClFN10O8. The number of carbonyl (C=O) groups excluding carboxylic acids is 5. The second kappa shape index (κ2) is 17.9. The van der Waals surface area contributed by atoms with Gasteiger partial charge in [-0.2, -0.15) is 4.98 Å². The van der Waals surface area contributed by atoms with Crippen LogP contribution in [0.25, 0.3) is 10.9 Å². The van der Waals surface area contributed by atoms with Gasteiger partial charge >= 0.3 is 0 Å². The van der Waals surface area contributed by atoms with Gasteiger partial charge in [-0.1, -0.05) is 11.6 Å². The number of aromatic nitrogens is 3. The Labute approximate surface area is 384 Å². The van der Waals surface area contributed by atoms with E-state index in [4.69, 9.17) is 26.8 Å². The molecule has 0 spiro atoms. The number of carbonyl (C=O) groups is 5. The summed E-state index contributed by atoms with van der Waals surface area (Å²) in [4.78, 5) is 92.8. The van der Waals surface area contributed by atoms with E-state index in [1.165, 1.54) is 22.9 Å². The maximum absolute atomic E-state index is 16.2. The Kier molecular flexibility index (Phi) is 12.2. The number of halogens is 2. The van der Waals surface area contributed by atoms with Gasteiger partial charge in [0.25, 0.3) is 23.3 Å². The lowest BCUT2D eigenvalue weighted by atomic mass is 9.86. The second-order valence-corrected chi connectivity index (χ2v) is 18.5. The summed E-state index contributed by atoms with van der Waals surface area (Å²) in [5.41, 5.74) is 7.35. The number of ether oxygens (including phenoxy) is 2. The number of rotatable bonds is 12. The van der Waals surface area contributed by atoms with Crippen molar-refractivity contribution in [1.29, 1.82) is 0 Å². The molecule has 0 radical (unpaired) electrons. The lowest BCUT2D eigenvalue weighted by molar-refractivity contribution is -0.136.